The molecule has 0 bridgehead atoms. The van der Waals surface area contributed by atoms with Crippen molar-refractivity contribution in [2.24, 2.45) is 5.92 Å². The second-order valence-electron chi connectivity index (χ2n) is 6.29. The van der Waals surface area contributed by atoms with Gasteiger partial charge in [0.1, 0.15) is 5.75 Å². The summed E-state index contributed by atoms with van der Waals surface area (Å²) in [6.07, 6.45) is 4.16. The number of amides is 1. The number of ether oxygens (including phenoxy) is 1. The number of rotatable bonds is 7. The van der Waals surface area contributed by atoms with E-state index in [1.807, 2.05) is 0 Å². The van der Waals surface area contributed by atoms with Crippen molar-refractivity contribution in [2.45, 2.75) is 38.6 Å². The average molecular weight is 354 g/mol. The highest BCUT2D eigenvalue weighted by molar-refractivity contribution is 7.89. The van der Waals surface area contributed by atoms with Crippen LogP contribution in [-0.2, 0) is 10.0 Å². The fourth-order valence-electron chi connectivity index (χ4n) is 2.95. The Balaban J connectivity index is 1.82. The van der Waals surface area contributed by atoms with E-state index in [0.717, 1.165) is 25.7 Å². The lowest BCUT2D eigenvalue weighted by Crippen LogP contribution is -2.43. The molecule has 0 unspecified atom stereocenters. The fourth-order valence-corrected chi connectivity index (χ4v) is 4.25. The summed E-state index contributed by atoms with van der Waals surface area (Å²) in [7, 11) is -1.86. The van der Waals surface area contributed by atoms with Gasteiger partial charge < -0.3 is 10.1 Å². The monoisotopic (exact) mass is 354 g/mol. The Bertz CT molecular complexity index is 660. The topological polar surface area (TPSA) is 84.5 Å². The van der Waals surface area contributed by atoms with E-state index < -0.39 is 10.0 Å². The minimum atomic E-state index is -3.39. The zero-order chi connectivity index (χ0) is 17.6. The molecular weight excluding hydrogens is 328 g/mol. The quantitative estimate of drug-likeness (QED) is 0.783. The van der Waals surface area contributed by atoms with Gasteiger partial charge in [-0.3, -0.25) is 4.79 Å². The number of methoxy groups -OCH3 is 1. The first-order valence-corrected chi connectivity index (χ1v) is 9.99. The van der Waals surface area contributed by atoms with Crippen LogP contribution in [0.2, 0.25) is 0 Å². The molecule has 2 N–H and O–H groups in total. The highest BCUT2D eigenvalue weighted by atomic mass is 32.2. The number of hydrogen-bond donors (Lipinski definition) is 2. The van der Waals surface area contributed by atoms with Crippen molar-refractivity contribution in [3.05, 3.63) is 29.8 Å². The Morgan fingerprint density at radius 3 is 2.75 bits per heavy atom. The van der Waals surface area contributed by atoms with E-state index in [1.54, 1.807) is 24.3 Å². The SMILES string of the molecule is COc1cccc(C(=O)NCCS(=O)(=O)N[C@@H]2CCCC[C@@H]2C)c1. The van der Waals surface area contributed by atoms with Gasteiger partial charge in [-0.15, -0.1) is 0 Å². The number of carbonyl (C=O) groups excluding carboxylic acids is 1. The summed E-state index contributed by atoms with van der Waals surface area (Å²) in [5, 5.41) is 2.64. The van der Waals surface area contributed by atoms with Crippen LogP contribution in [0, 0.1) is 5.92 Å². The molecule has 1 aromatic rings. The standard InChI is InChI=1S/C17H26N2O4S/c1-13-6-3-4-9-16(13)19-24(21,22)11-10-18-17(20)14-7-5-8-15(12-14)23-2/h5,7-8,12-13,16,19H,3-4,6,9-11H2,1-2H3,(H,18,20)/t13-,16+/m0/s1. The molecule has 0 aliphatic heterocycles. The van der Waals surface area contributed by atoms with E-state index >= 15 is 0 Å². The maximum Gasteiger partial charge on any atom is 0.251 e. The molecule has 7 heteroatoms. The highest BCUT2D eigenvalue weighted by Crippen LogP contribution is 2.24. The molecule has 1 saturated carbocycles. The highest BCUT2D eigenvalue weighted by Gasteiger charge is 2.25. The summed E-state index contributed by atoms with van der Waals surface area (Å²) in [5.74, 6) is 0.518. The minimum absolute atomic E-state index is 0.0119. The largest absolute Gasteiger partial charge is 0.497 e. The summed E-state index contributed by atoms with van der Waals surface area (Å²) in [4.78, 5) is 12.1. The molecule has 6 nitrogen and oxygen atoms in total. The molecule has 1 fully saturated rings. The van der Waals surface area contributed by atoms with Crippen LogP contribution in [0.3, 0.4) is 0 Å². The second-order valence-corrected chi connectivity index (χ2v) is 8.17. The van der Waals surface area contributed by atoms with E-state index in [4.69, 9.17) is 4.74 Å². The predicted molar refractivity (Wildman–Crippen MR) is 93.7 cm³/mol. The Kier molecular flexibility index (Phi) is 6.62. The molecule has 0 aromatic heterocycles. The lowest BCUT2D eigenvalue weighted by molar-refractivity contribution is 0.0955. The van der Waals surface area contributed by atoms with Gasteiger partial charge >= 0.3 is 0 Å². The van der Waals surface area contributed by atoms with Crippen LogP contribution < -0.4 is 14.8 Å². The van der Waals surface area contributed by atoms with Gasteiger partial charge in [0.05, 0.1) is 12.9 Å². The van der Waals surface area contributed by atoms with E-state index in [-0.39, 0.29) is 24.2 Å². The van der Waals surface area contributed by atoms with E-state index in [2.05, 4.69) is 17.0 Å². The second kappa shape index (κ2) is 8.48. The molecule has 2 atom stereocenters. The van der Waals surface area contributed by atoms with Crippen molar-refractivity contribution < 1.29 is 17.9 Å². The Morgan fingerprint density at radius 2 is 2.04 bits per heavy atom. The van der Waals surface area contributed by atoms with E-state index in [1.165, 1.54) is 7.11 Å². The Hall–Kier alpha value is -1.60. The van der Waals surface area contributed by atoms with Crippen molar-refractivity contribution in [2.75, 3.05) is 19.4 Å². The Morgan fingerprint density at radius 1 is 1.29 bits per heavy atom. The molecule has 1 amide bonds. The number of nitrogens with one attached hydrogen (secondary N) is 2. The van der Waals surface area contributed by atoms with Gasteiger partial charge in [0.15, 0.2) is 0 Å². The van der Waals surface area contributed by atoms with Crippen molar-refractivity contribution in [1.82, 2.24) is 10.0 Å². The molecule has 24 heavy (non-hydrogen) atoms. The first-order valence-electron chi connectivity index (χ1n) is 8.33. The van der Waals surface area contributed by atoms with Gasteiger partial charge in [0, 0.05) is 18.2 Å². The summed E-state index contributed by atoms with van der Waals surface area (Å²) < 4.78 is 32.2. The molecule has 1 aromatic carbocycles. The normalized spacial score (nSPS) is 21.2. The number of sulfonamides is 1. The van der Waals surface area contributed by atoms with Crippen LogP contribution in [0.5, 0.6) is 5.75 Å². The zero-order valence-corrected chi connectivity index (χ0v) is 15.1. The summed E-state index contributed by atoms with van der Waals surface area (Å²) in [5.41, 5.74) is 0.445. The van der Waals surface area contributed by atoms with E-state index in [0.29, 0.717) is 17.2 Å². The molecule has 0 radical (unpaired) electrons. The van der Waals surface area contributed by atoms with E-state index in [9.17, 15) is 13.2 Å². The van der Waals surface area contributed by atoms with Gasteiger partial charge in [0.2, 0.25) is 10.0 Å². The first-order chi connectivity index (χ1) is 11.4. The molecule has 134 valence electrons. The number of benzene rings is 1. The lowest BCUT2D eigenvalue weighted by Gasteiger charge is -2.29. The molecule has 1 aliphatic rings. The summed E-state index contributed by atoms with van der Waals surface area (Å²) >= 11 is 0. The zero-order valence-electron chi connectivity index (χ0n) is 14.2. The smallest absolute Gasteiger partial charge is 0.251 e. The number of carbonyl (C=O) groups is 1. The van der Waals surface area contributed by atoms with Crippen LogP contribution in [0.15, 0.2) is 24.3 Å². The maximum atomic E-state index is 12.2. The summed E-state index contributed by atoms with van der Waals surface area (Å²) in [6.45, 7) is 2.16. The van der Waals surface area contributed by atoms with Gasteiger partial charge in [-0.1, -0.05) is 25.8 Å². The van der Waals surface area contributed by atoms with Gasteiger partial charge in [0.25, 0.3) is 5.91 Å². The van der Waals surface area contributed by atoms with Crippen LogP contribution in [0.1, 0.15) is 43.0 Å². The van der Waals surface area contributed by atoms with Crippen LogP contribution in [-0.4, -0.2) is 39.8 Å². The Labute approximate surface area is 144 Å². The fraction of sp³-hybridized carbons (Fsp3) is 0.588. The van der Waals surface area contributed by atoms with Crippen molar-refractivity contribution >= 4 is 15.9 Å². The number of hydrogen-bond acceptors (Lipinski definition) is 4. The van der Waals surface area contributed by atoms with Crippen LogP contribution in [0.4, 0.5) is 0 Å². The van der Waals surface area contributed by atoms with Crippen LogP contribution in [0.25, 0.3) is 0 Å². The molecule has 0 heterocycles. The maximum absolute atomic E-state index is 12.2. The molecular formula is C17H26N2O4S. The third kappa shape index (κ3) is 5.49. The van der Waals surface area contributed by atoms with Crippen molar-refractivity contribution in [3.63, 3.8) is 0 Å². The third-order valence-electron chi connectivity index (χ3n) is 4.43. The molecule has 2 rings (SSSR count). The molecule has 1 aliphatic carbocycles. The predicted octanol–water partition coefficient (Wildman–Crippen LogP) is 1.92. The average Bonchev–Trinajstić information content (AvgIpc) is 2.56. The third-order valence-corrected chi connectivity index (χ3v) is 5.83. The van der Waals surface area contributed by atoms with Gasteiger partial charge in [-0.2, -0.15) is 0 Å². The molecule has 0 spiro atoms. The van der Waals surface area contributed by atoms with Crippen molar-refractivity contribution in [1.29, 1.82) is 0 Å². The summed E-state index contributed by atoms with van der Waals surface area (Å²) in [6, 6.07) is 6.76. The van der Waals surface area contributed by atoms with Gasteiger partial charge in [-0.05, 0) is 37.0 Å². The first kappa shape index (κ1) is 18.7. The van der Waals surface area contributed by atoms with Crippen molar-refractivity contribution in [3.8, 4) is 5.75 Å². The van der Waals surface area contributed by atoms with Crippen LogP contribution >= 0.6 is 0 Å². The minimum Gasteiger partial charge on any atom is -0.497 e. The molecule has 0 saturated heterocycles. The van der Waals surface area contributed by atoms with Gasteiger partial charge in [-0.25, -0.2) is 13.1 Å². The lowest BCUT2D eigenvalue weighted by atomic mass is 9.87.